The van der Waals surface area contributed by atoms with Gasteiger partial charge in [0.15, 0.2) is 5.70 Å². The minimum atomic E-state index is -0.531. The minimum absolute atomic E-state index is 0.182. The van der Waals surface area contributed by atoms with Gasteiger partial charge in [0, 0.05) is 21.7 Å². The van der Waals surface area contributed by atoms with Crippen LogP contribution >= 0.6 is 22.9 Å². The number of thiophene rings is 1. The number of ether oxygens (including phenoxy) is 3. The smallest absolute Gasteiger partial charge is 0.363 e. The van der Waals surface area contributed by atoms with E-state index in [4.69, 9.17) is 25.8 Å². The molecule has 1 aliphatic heterocycles. The Hall–Kier alpha value is -2.83. The summed E-state index contributed by atoms with van der Waals surface area (Å²) in [6.07, 6.45) is 1.62. The predicted octanol–water partition coefficient (Wildman–Crippen LogP) is 4.92. The predicted molar refractivity (Wildman–Crippen MR) is 107 cm³/mol. The summed E-state index contributed by atoms with van der Waals surface area (Å²) in [7, 11) is 3.13. The zero-order valence-corrected chi connectivity index (χ0v) is 16.1. The Kier molecular flexibility index (Phi) is 4.59. The molecule has 0 atom stereocenters. The summed E-state index contributed by atoms with van der Waals surface area (Å²) < 4.78 is 16.9. The van der Waals surface area contributed by atoms with Gasteiger partial charge in [-0.2, -0.15) is 0 Å². The number of cyclic esters (lactones) is 1. The van der Waals surface area contributed by atoms with Crippen LogP contribution in [0.5, 0.6) is 11.5 Å². The van der Waals surface area contributed by atoms with Crippen LogP contribution < -0.4 is 9.47 Å². The molecule has 0 bridgehead atoms. The first-order chi connectivity index (χ1) is 13.1. The fourth-order valence-electron chi connectivity index (χ4n) is 2.74. The van der Waals surface area contributed by atoms with Crippen LogP contribution in [0.15, 0.2) is 53.2 Å². The molecule has 0 unspecified atom stereocenters. The van der Waals surface area contributed by atoms with E-state index in [1.807, 2.05) is 24.3 Å². The van der Waals surface area contributed by atoms with E-state index in [1.165, 1.54) is 11.3 Å². The number of methoxy groups -OCH3 is 2. The van der Waals surface area contributed by atoms with E-state index < -0.39 is 5.97 Å². The van der Waals surface area contributed by atoms with Crippen molar-refractivity contribution in [2.75, 3.05) is 14.2 Å². The summed E-state index contributed by atoms with van der Waals surface area (Å²) >= 11 is 7.89. The van der Waals surface area contributed by atoms with Crippen LogP contribution in [0, 0.1) is 0 Å². The molecule has 2 aromatic carbocycles. The van der Waals surface area contributed by atoms with Crippen LogP contribution in [0.4, 0.5) is 0 Å². The molecule has 0 radical (unpaired) electrons. The lowest BCUT2D eigenvalue weighted by Gasteiger charge is -2.07. The highest BCUT2D eigenvalue weighted by Gasteiger charge is 2.28. The van der Waals surface area contributed by atoms with Gasteiger partial charge in [0.05, 0.1) is 19.2 Å². The molecule has 1 aliphatic rings. The standard InChI is InChI=1S/C20H14ClNO4S/c1-24-12-8-7-11(15(10-12)25-2)9-14-20(23)26-19(22-14)18-17(21)13-5-3-4-6-16(13)27-18/h3-10H,1-2H3. The first kappa shape index (κ1) is 17.6. The molecule has 4 rings (SSSR count). The fraction of sp³-hybridized carbons (Fsp3) is 0.100. The van der Waals surface area contributed by atoms with Gasteiger partial charge < -0.3 is 14.2 Å². The Morgan fingerprint density at radius 3 is 2.70 bits per heavy atom. The number of rotatable bonds is 4. The van der Waals surface area contributed by atoms with Crippen molar-refractivity contribution in [2.24, 2.45) is 4.99 Å². The lowest BCUT2D eigenvalue weighted by Crippen LogP contribution is -2.04. The second kappa shape index (κ2) is 7.06. The number of hydrogen-bond donors (Lipinski definition) is 0. The molecule has 7 heteroatoms. The van der Waals surface area contributed by atoms with Gasteiger partial charge in [-0.15, -0.1) is 11.3 Å². The Morgan fingerprint density at radius 1 is 1.15 bits per heavy atom. The fourth-order valence-corrected chi connectivity index (χ4v) is 4.18. The molecule has 27 heavy (non-hydrogen) atoms. The maximum absolute atomic E-state index is 12.3. The van der Waals surface area contributed by atoms with Gasteiger partial charge in [0.2, 0.25) is 5.90 Å². The van der Waals surface area contributed by atoms with Crippen molar-refractivity contribution < 1.29 is 19.0 Å². The highest BCUT2D eigenvalue weighted by molar-refractivity contribution is 7.21. The van der Waals surface area contributed by atoms with Crippen molar-refractivity contribution in [1.29, 1.82) is 0 Å². The number of hydrogen-bond acceptors (Lipinski definition) is 6. The lowest BCUT2D eigenvalue weighted by molar-refractivity contribution is -0.129. The summed E-state index contributed by atoms with van der Waals surface area (Å²) in [6.45, 7) is 0. The Bertz CT molecular complexity index is 1120. The van der Waals surface area contributed by atoms with Crippen molar-refractivity contribution >= 4 is 51.0 Å². The van der Waals surface area contributed by atoms with Gasteiger partial charge in [-0.25, -0.2) is 9.79 Å². The SMILES string of the molecule is COc1ccc(C=C2N=C(c3sc4ccccc4c3Cl)OC2=O)c(OC)c1. The molecule has 0 aliphatic carbocycles. The first-order valence-corrected chi connectivity index (χ1v) is 9.22. The largest absolute Gasteiger partial charge is 0.497 e. The zero-order chi connectivity index (χ0) is 19.0. The molecule has 0 N–H and O–H groups in total. The van der Waals surface area contributed by atoms with Gasteiger partial charge in [0.25, 0.3) is 0 Å². The van der Waals surface area contributed by atoms with E-state index in [1.54, 1.807) is 38.5 Å². The van der Waals surface area contributed by atoms with Gasteiger partial charge in [-0.1, -0.05) is 29.8 Å². The molecule has 0 saturated carbocycles. The number of esters is 1. The van der Waals surface area contributed by atoms with Crippen molar-refractivity contribution in [3.63, 3.8) is 0 Å². The number of carbonyl (C=O) groups excluding carboxylic acids is 1. The number of carbonyl (C=O) groups is 1. The highest BCUT2D eigenvalue weighted by atomic mass is 35.5. The van der Waals surface area contributed by atoms with Crippen LogP contribution in [0.3, 0.4) is 0 Å². The normalized spacial score (nSPS) is 15.1. The molecule has 0 fully saturated rings. The summed E-state index contributed by atoms with van der Waals surface area (Å²) in [5, 5.41) is 1.44. The highest BCUT2D eigenvalue weighted by Crippen LogP contribution is 2.37. The van der Waals surface area contributed by atoms with E-state index in [0.717, 1.165) is 10.1 Å². The Morgan fingerprint density at radius 2 is 1.96 bits per heavy atom. The third-order valence-electron chi connectivity index (χ3n) is 4.08. The zero-order valence-electron chi connectivity index (χ0n) is 14.5. The Labute approximate surface area is 164 Å². The van der Waals surface area contributed by atoms with Crippen LogP contribution in [-0.2, 0) is 9.53 Å². The molecule has 2 heterocycles. The summed E-state index contributed by atoms with van der Waals surface area (Å²) in [5.41, 5.74) is 0.875. The molecular weight excluding hydrogens is 386 g/mol. The van der Waals surface area contributed by atoms with Crippen LogP contribution in [-0.4, -0.2) is 26.1 Å². The second-order valence-corrected chi connectivity index (χ2v) is 7.12. The van der Waals surface area contributed by atoms with Crippen molar-refractivity contribution in [3.05, 3.63) is 63.6 Å². The number of benzene rings is 2. The summed E-state index contributed by atoms with van der Waals surface area (Å²) in [4.78, 5) is 17.3. The van der Waals surface area contributed by atoms with E-state index >= 15 is 0 Å². The second-order valence-electron chi connectivity index (χ2n) is 5.69. The molecule has 0 spiro atoms. The lowest BCUT2D eigenvalue weighted by atomic mass is 10.1. The monoisotopic (exact) mass is 399 g/mol. The van der Waals surface area contributed by atoms with Crippen LogP contribution in [0.1, 0.15) is 10.4 Å². The molecule has 5 nitrogen and oxygen atoms in total. The molecule has 0 saturated heterocycles. The van der Waals surface area contributed by atoms with Gasteiger partial charge in [0.1, 0.15) is 16.4 Å². The molecule has 1 aromatic heterocycles. The van der Waals surface area contributed by atoms with Gasteiger partial charge in [-0.3, -0.25) is 0 Å². The summed E-state index contributed by atoms with van der Waals surface area (Å²) in [5.74, 6) is 0.906. The molecule has 136 valence electrons. The average molecular weight is 400 g/mol. The third-order valence-corrected chi connectivity index (χ3v) is 5.75. The van der Waals surface area contributed by atoms with Crippen LogP contribution in [0.2, 0.25) is 5.02 Å². The maximum atomic E-state index is 12.3. The number of halogens is 1. The van der Waals surface area contributed by atoms with Crippen LogP contribution in [0.25, 0.3) is 16.2 Å². The third kappa shape index (κ3) is 3.18. The molecule has 3 aromatic rings. The first-order valence-electron chi connectivity index (χ1n) is 8.02. The molecular formula is C20H14ClNO4S. The van der Waals surface area contributed by atoms with E-state index in [0.29, 0.717) is 27.0 Å². The number of fused-ring (bicyclic) bond motifs is 1. The van der Waals surface area contributed by atoms with Gasteiger partial charge >= 0.3 is 5.97 Å². The Balaban J connectivity index is 1.75. The van der Waals surface area contributed by atoms with E-state index in [2.05, 4.69) is 4.99 Å². The molecule has 0 amide bonds. The maximum Gasteiger partial charge on any atom is 0.363 e. The van der Waals surface area contributed by atoms with Crippen molar-refractivity contribution in [1.82, 2.24) is 0 Å². The van der Waals surface area contributed by atoms with Crippen molar-refractivity contribution in [3.8, 4) is 11.5 Å². The van der Waals surface area contributed by atoms with E-state index in [-0.39, 0.29) is 11.6 Å². The summed E-state index contributed by atoms with van der Waals surface area (Å²) in [6, 6.07) is 13.0. The quantitative estimate of drug-likeness (QED) is 0.461. The topological polar surface area (TPSA) is 57.1 Å². The average Bonchev–Trinajstić information content (AvgIpc) is 3.22. The minimum Gasteiger partial charge on any atom is -0.497 e. The number of nitrogens with zero attached hydrogens (tertiary/aromatic N) is 1. The van der Waals surface area contributed by atoms with Gasteiger partial charge in [-0.05, 0) is 24.3 Å². The van der Waals surface area contributed by atoms with Crippen molar-refractivity contribution in [2.45, 2.75) is 0 Å². The van der Waals surface area contributed by atoms with E-state index in [9.17, 15) is 4.79 Å². The number of aliphatic imine (C=N–C) groups is 1.